The number of carbonyl (C=O) groups is 2. The molecule has 1 amide bonds. The first-order valence-electron chi connectivity index (χ1n) is 10.8. The van der Waals surface area contributed by atoms with Crippen LogP contribution in [0.15, 0.2) is 30.3 Å². The van der Waals surface area contributed by atoms with Crippen LogP contribution < -0.4 is 24.3 Å². The smallest absolute Gasteiger partial charge is 0.338 e. The van der Waals surface area contributed by atoms with Crippen LogP contribution in [0.3, 0.4) is 0 Å². The van der Waals surface area contributed by atoms with Crippen LogP contribution in [0, 0.1) is 0 Å². The van der Waals surface area contributed by atoms with Gasteiger partial charge in [0, 0.05) is 5.56 Å². The van der Waals surface area contributed by atoms with Gasteiger partial charge in [0.2, 0.25) is 5.75 Å². The number of nitrogens with one attached hydrogen (secondary N) is 1. The summed E-state index contributed by atoms with van der Waals surface area (Å²) in [6.07, 6.45) is 0. The second kappa shape index (κ2) is 12.4. The highest BCUT2D eigenvalue weighted by Crippen LogP contribution is 2.39. The number of hydrogen-bond donors (Lipinski definition) is 1. The third-order valence-electron chi connectivity index (χ3n) is 4.21. The Balaban J connectivity index is 2.39. The second-order valence-corrected chi connectivity index (χ2v) is 6.42. The first-order chi connectivity index (χ1) is 15.5. The van der Waals surface area contributed by atoms with Gasteiger partial charge in [-0.15, -0.1) is 0 Å². The average molecular weight is 446 g/mol. The molecule has 174 valence electrons. The lowest BCUT2D eigenvalue weighted by atomic mass is 10.1. The van der Waals surface area contributed by atoms with Gasteiger partial charge in [-0.25, -0.2) is 4.79 Å². The molecule has 0 aliphatic carbocycles. The zero-order valence-electron chi connectivity index (χ0n) is 19.3. The van der Waals surface area contributed by atoms with Crippen LogP contribution in [0.4, 0.5) is 5.69 Å². The van der Waals surface area contributed by atoms with E-state index in [2.05, 4.69) is 5.32 Å². The molecule has 2 rings (SSSR count). The van der Waals surface area contributed by atoms with Gasteiger partial charge in [-0.05, 0) is 65.0 Å². The van der Waals surface area contributed by atoms with Gasteiger partial charge in [-0.3, -0.25) is 4.79 Å². The monoisotopic (exact) mass is 445 g/mol. The van der Waals surface area contributed by atoms with Crippen LogP contribution >= 0.6 is 0 Å². The van der Waals surface area contributed by atoms with Crippen molar-refractivity contribution in [3.63, 3.8) is 0 Å². The van der Waals surface area contributed by atoms with E-state index in [4.69, 9.17) is 23.7 Å². The van der Waals surface area contributed by atoms with Crippen molar-refractivity contribution >= 4 is 17.6 Å². The Labute approximate surface area is 188 Å². The molecule has 0 saturated carbocycles. The molecular weight excluding hydrogens is 414 g/mol. The molecule has 0 bridgehead atoms. The van der Waals surface area contributed by atoms with Crippen molar-refractivity contribution in [2.24, 2.45) is 0 Å². The molecule has 0 atom stereocenters. The van der Waals surface area contributed by atoms with E-state index in [-0.39, 0.29) is 12.5 Å². The van der Waals surface area contributed by atoms with Gasteiger partial charge in [-0.1, -0.05) is 0 Å². The van der Waals surface area contributed by atoms with Gasteiger partial charge in [-0.2, -0.15) is 0 Å². The maximum absolute atomic E-state index is 13.1. The zero-order valence-corrected chi connectivity index (χ0v) is 19.3. The number of benzene rings is 2. The van der Waals surface area contributed by atoms with Crippen molar-refractivity contribution < 1.29 is 33.3 Å². The summed E-state index contributed by atoms with van der Waals surface area (Å²) < 4.78 is 27.7. The molecule has 1 N–H and O–H groups in total. The summed E-state index contributed by atoms with van der Waals surface area (Å²) in [5.74, 6) is 0.829. The summed E-state index contributed by atoms with van der Waals surface area (Å²) in [7, 11) is 0. The summed E-state index contributed by atoms with van der Waals surface area (Å²) in [5.41, 5.74) is 1.10. The molecule has 8 nitrogen and oxygen atoms in total. The lowest BCUT2D eigenvalue weighted by molar-refractivity contribution is 0.0526. The molecule has 0 spiro atoms. The SMILES string of the molecule is CCOC(=O)c1ccc(NC(=O)c2cc(OCC)c(OCC)c(OCC)c2)c(OCC)c1. The Bertz CT molecular complexity index is 900. The average Bonchev–Trinajstić information content (AvgIpc) is 2.77. The predicted molar refractivity (Wildman–Crippen MR) is 121 cm³/mol. The maximum Gasteiger partial charge on any atom is 0.338 e. The Morgan fingerprint density at radius 1 is 0.688 bits per heavy atom. The molecule has 0 aliphatic heterocycles. The number of anilines is 1. The van der Waals surface area contributed by atoms with Crippen LogP contribution in [0.2, 0.25) is 0 Å². The lowest BCUT2D eigenvalue weighted by Gasteiger charge is -2.17. The van der Waals surface area contributed by atoms with Crippen molar-refractivity contribution in [3.05, 3.63) is 41.5 Å². The summed E-state index contributed by atoms with van der Waals surface area (Å²) in [4.78, 5) is 25.1. The highest BCUT2D eigenvalue weighted by molar-refractivity contribution is 6.06. The molecule has 2 aromatic rings. The first kappa shape index (κ1) is 24.8. The summed E-state index contributed by atoms with van der Waals surface area (Å²) in [5, 5.41) is 2.83. The topological polar surface area (TPSA) is 92.3 Å². The van der Waals surface area contributed by atoms with E-state index in [0.29, 0.717) is 66.2 Å². The van der Waals surface area contributed by atoms with Crippen LogP contribution in [-0.2, 0) is 4.74 Å². The van der Waals surface area contributed by atoms with E-state index in [1.165, 1.54) is 0 Å². The Hall–Kier alpha value is -3.42. The van der Waals surface area contributed by atoms with Gasteiger partial charge >= 0.3 is 5.97 Å². The zero-order chi connectivity index (χ0) is 23.5. The molecule has 0 unspecified atom stereocenters. The fourth-order valence-corrected chi connectivity index (χ4v) is 2.96. The first-order valence-corrected chi connectivity index (χ1v) is 10.8. The number of carbonyl (C=O) groups excluding carboxylic acids is 2. The van der Waals surface area contributed by atoms with Gasteiger partial charge < -0.3 is 29.0 Å². The normalized spacial score (nSPS) is 10.3. The van der Waals surface area contributed by atoms with E-state index in [1.54, 1.807) is 37.3 Å². The van der Waals surface area contributed by atoms with Crippen LogP contribution in [0.1, 0.15) is 55.3 Å². The van der Waals surface area contributed by atoms with Crippen molar-refractivity contribution in [2.45, 2.75) is 34.6 Å². The van der Waals surface area contributed by atoms with E-state index in [9.17, 15) is 9.59 Å². The molecule has 0 saturated heterocycles. The Morgan fingerprint density at radius 3 is 1.75 bits per heavy atom. The minimum atomic E-state index is -0.458. The fourth-order valence-electron chi connectivity index (χ4n) is 2.96. The minimum absolute atomic E-state index is 0.267. The number of hydrogen-bond acceptors (Lipinski definition) is 7. The predicted octanol–water partition coefficient (Wildman–Crippen LogP) is 4.71. The molecule has 2 aromatic carbocycles. The van der Waals surface area contributed by atoms with Crippen molar-refractivity contribution in [1.82, 2.24) is 0 Å². The molecular formula is C24H31NO7. The van der Waals surface area contributed by atoms with Gasteiger partial charge in [0.05, 0.1) is 44.3 Å². The maximum atomic E-state index is 13.1. The second-order valence-electron chi connectivity index (χ2n) is 6.42. The largest absolute Gasteiger partial charge is 0.492 e. The molecule has 0 aliphatic rings. The Morgan fingerprint density at radius 2 is 1.22 bits per heavy atom. The highest BCUT2D eigenvalue weighted by atomic mass is 16.5. The third kappa shape index (κ3) is 6.29. The minimum Gasteiger partial charge on any atom is -0.492 e. The summed E-state index contributed by atoms with van der Waals surface area (Å²) in [6.45, 7) is 11.0. The van der Waals surface area contributed by atoms with E-state index in [1.807, 2.05) is 27.7 Å². The van der Waals surface area contributed by atoms with Gasteiger partial charge in [0.15, 0.2) is 11.5 Å². The molecule has 0 fully saturated rings. The van der Waals surface area contributed by atoms with Gasteiger partial charge in [0.1, 0.15) is 5.75 Å². The fraction of sp³-hybridized carbons (Fsp3) is 0.417. The molecule has 8 heteroatoms. The van der Waals surface area contributed by atoms with Crippen molar-refractivity contribution in [2.75, 3.05) is 38.4 Å². The molecule has 32 heavy (non-hydrogen) atoms. The number of ether oxygens (including phenoxy) is 5. The molecule has 0 aromatic heterocycles. The molecule has 0 radical (unpaired) electrons. The highest BCUT2D eigenvalue weighted by Gasteiger charge is 2.20. The van der Waals surface area contributed by atoms with E-state index in [0.717, 1.165) is 0 Å². The van der Waals surface area contributed by atoms with Gasteiger partial charge in [0.25, 0.3) is 5.91 Å². The summed E-state index contributed by atoms with van der Waals surface area (Å²) >= 11 is 0. The number of esters is 1. The summed E-state index contributed by atoms with van der Waals surface area (Å²) in [6, 6.07) is 7.95. The Kier molecular flexibility index (Phi) is 9.66. The van der Waals surface area contributed by atoms with Crippen LogP contribution in [0.5, 0.6) is 23.0 Å². The number of rotatable bonds is 12. The van der Waals surface area contributed by atoms with Crippen molar-refractivity contribution in [3.8, 4) is 23.0 Å². The third-order valence-corrected chi connectivity index (χ3v) is 4.21. The van der Waals surface area contributed by atoms with Crippen LogP contribution in [0.25, 0.3) is 0 Å². The van der Waals surface area contributed by atoms with E-state index >= 15 is 0 Å². The standard InChI is InChI=1S/C24H31NO7/c1-6-28-19-13-16(24(27)32-10-5)11-12-18(19)25-23(26)17-14-20(29-7-2)22(31-9-4)21(15-17)30-8-3/h11-15H,6-10H2,1-5H3,(H,25,26). The van der Waals surface area contributed by atoms with Crippen LogP contribution in [-0.4, -0.2) is 44.9 Å². The quantitative estimate of drug-likeness (QED) is 0.473. The molecule has 0 heterocycles. The lowest BCUT2D eigenvalue weighted by Crippen LogP contribution is -2.15. The van der Waals surface area contributed by atoms with E-state index < -0.39 is 5.97 Å². The van der Waals surface area contributed by atoms with Crippen molar-refractivity contribution in [1.29, 1.82) is 0 Å². The number of amides is 1.